The van der Waals surface area contributed by atoms with Crippen LogP contribution in [0.25, 0.3) is 28.2 Å². The topological polar surface area (TPSA) is 8.81 Å². The van der Waals surface area contributed by atoms with Gasteiger partial charge in [-0.25, -0.2) is 4.57 Å². The van der Waals surface area contributed by atoms with E-state index >= 15 is 0 Å². The molecule has 0 unspecified atom stereocenters. The quantitative estimate of drug-likeness (QED) is 0.170. The van der Waals surface area contributed by atoms with Crippen LogP contribution in [0.2, 0.25) is 0 Å². The van der Waals surface area contributed by atoms with Crippen molar-refractivity contribution in [2.45, 2.75) is 104 Å². The fraction of sp³-hybridized carbons (Fsp3) is 0.447. The van der Waals surface area contributed by atoms with Crippen molar-refractivity contribution in [3.05, 3.63) is 96.3 Å². The molecule has 0 radical (unpaired) electrons. The van der Waals surface area contributed by atoms with E-state index in [1.54, 1.807) is 11.1 Å². The number of aromatic nitrogens is 2. The highest BCUT2D eigenvalue weighted by Crippen LogP contribution is 2.44. The third kappa shape index (κ3) is 6.27. The summed E-state index contributed by atoms with van der Waals surface area (Å²) in [6, 6.07) is 27.3. The van der Waals surface area contributed by atoms with Crippen LogP contribution in [0.1, 0.15) is 108 Å². The first-order chi connectivity index (χ1) is 19.6. The molecule has 0 spiro atoms. The van der Waals surface area contributed by atoms with Crippen LogP contribution in [0.4, 0.5) is 0 Å². The maximum atomic E-state index is 2.59. The summed E-state index contributed by atoms with van der Waals surface area (Å²) in [5.74, 6) is 3.06. The molecule has 0 saturated heterocycles. The summed E-state index contributed by atoms with van der Waals surface area (Å²) >= 11 is 0. The van der Waals surface area contributed by atoms with Crippen molar-refractivity contribution in [3.63, 3.8) is 0 Å². The summed E-state index contributed by atoms with van der Waals surface area (Å²) in [5, 5.41) is 0. The van der Waals surface area contributed by atoms with Gasteiger partial charge in [-0.1, -0.05) is 108 Å². The van der Waals surface area contributed by atoms with E-state index in [9.17, 15) is 0 Å². The molecule has 5 rings (SSSR count). The lowest BCUT2D eigenvalue weighted by molar-refractivity contribution is -0.690. The summed E-state index contributed by atoms with van der Waals surface area (Å²) < 4.78 is 5.08. The number of rotatable bonds is 11. The predicted octanol–water partition coefficient (Wildman–Crippen LogP) is 10.5. The molecule has 1 fully saturated rings. The van der Waals surface area contributed by atoms with E-state index in [1.165, 1.54) is 86.0 Å². The maximum Gasteiger partial charge on any atom is 0.294 e. The van der Waals surface area contributed by atoms with Gasteiger partial charge in [0, 0.05) is 11.1 Å². The molecule has 1 aliphatic carbocycles. The lowest BCUT2D eigenvalue weighted by Gasteiger charge is -2.28. The van der Waals surface area contributed by atoms with Gasteiger partial charge in [-0.05, 0) is 78.8 Å². The molecule has 0 bridgehead atoms. The average Bonchev–Trinajstić information content (AvgIpc) is 3.40. The minimum atomic E-state index is 0.556. The Labute approximate surface area is 243 Å². The van der Waals surface area contributed by atoms with Crippen LogP contribution < -0.4 is 4.57 Å². The van der Waals surface area contributed by atoms with Gasteiger partial charge in [0.15, 0.2) is 0 Å². The van der Waals surface area contributed by atoms with Gasteiger partial charge in [0.2, 0.25) is 0 Å². The van der Waals surface area contributed by atoms with Crippen LogP contribution in [0.15, 0.2) is 85.2 Å². The molecule has 0 amide bonds. The van der Waals surface area contributed by atoms with Gasteiger partial charge < -0.3 is 0 Å². The van der Waals surface area contributed by atoms with E-state index in [-0.39, 0.29) is 0 Å². The Kier molecular flexibility index (Phi) is 9.57. The van der Waals surface area contributed by atoms with Crippen molar-refractivity contribution in [2.75, 3.05) is 0 Å². The van der Waals surface area contributed by atoms with Crippen LogP contribution in [0.5, 0.6) is 0 Å². The molecule has 1 saturated carbocycles. The summed E-state index contributed by atoms with van der Waals surface area (Å²) in [6.45, 7) is 10.4. The van der Waals surface area contributed by atoms with Crippen molar-refractivity contribution in [1.82, 2.24) is 4.57 Å². The van der Waals surface area contributed by atoms with Crippen LogP contribution >= 0.6 is 0 Å². The Morgan fingerprint density at radius 1 is 0.775 bits per heavy atom. The second kappa shape index (κ2) is 13.5. The fourth-order valence-corrected chi connectivity index (χ4v) is 6.98. The van der Waals surface area contributed by atoms with Gasteiger partial charge in [0.1, 0.15) is 18.1 Å². The SMILES string of the molecule is CCCC(CCC)c1cc(-c2ccccc2)cc(C2CCCCC2)c1-n1cc[n+](CC(C)C)c1-c1ccccc1. The molecule has 3 aromatic carbocycles. The Balaban J connectivity index is 1.83. The van der Waals surface area contributed by atoms with Gasteiger partial charge >= 0.3 is 0 Å². The highest BCUT2D eigenvalue weighted by molar-refractivity contribution is 5.71. The molecule has 1 heterocycles. The molecule has 1 aliphatic rings. The van der Waals surface area contributed by atoms with Crippen LogP contribution in [-0.2, 0) is 6.54 Å². The standard InChI is InChI=1S/C38H49N2/c1-5-16-31(17-6-2)35-26-34(30-18-10-7-11-19-30)27-36(32-20-12-8-13-21-32)37(35)40-25-24-39(28-29(3)4)38(40)33-22-14-9-15-23-33/h7,9-11,14-15,18-19,22-27,29,31-32H,5-6,8,12-13,16-17,20-21,28H2,1-4H3/q+1. The Morgan fingerprint density at radius 2 is 1.40 bits per heavy atom. The first kappa shape index (κ1) is 28.4. The van der Waals surface area contributed by atoms with E-state index in [4.69, 9.17) is 0 Å². The lowest BCUT2D eigenvalue weighted by atomic mass is 9.78. The summed E-state index contributed by atoms with van der Waals surface area (Å²) in [5.41, 5.74) is 8.61. The van der Waals surface area contributed by atoms with Crippen molar-refractivity contribution >= 4 is 0 Å². The number of imidazole rings is 1. The first-order valence-electron chi connectivity index (χ1n) is 16.0. The number of nitrogens with zero attached hydrogens (tertiary/aromatic N) is 2. The van der Waals surface area contributed by atoms with E-state index < -0.39 is 0 Å². The summed E-state index contributed by atoms with van der Waals surface area (Å²) in [4.78, 5) is 0. The summed E-state index contributed by atoms with van der Waals surface area (Å²) in [6.07, 6.45) is 16.2. The maximum absolute atomic E-state index is 2.59. The third-order valence-corrected chi connectivity index (χ3v) is 8.77. The molecule has 2 heteroatoms. The largest absolute Gasteiger partial charge is 0.294 e. The monoisotopic (exact) mass is 533 g/mol. The predicted molar refractivity (Wildman–Crippen MR) is 170 cm³/mol. The molecule has 1 aromatic heterocycles. The van der Waals surface area contributed by atoms with E-state index in [0.717, 1.165) is 6.54 Å². The van der Waals surface area contributed by atoms with Crippen molar-refractivity contribution < 1.29 is 4.57 Å². The van der Waals surface area contributed by atoms with Gasteiger partial charge in [0.25, 0.3) is 5.82 Å². The summed E-state index contributed by atoms with van der Waals surface area (Å²) in [7, 11) is 0. The van der Waals surface area contributed by atoms with Gasteiger partial charge in [0.05, 0.1) is 12.1 Å². The van der Waals surface area contributed by atoms with E-state index in [2.05, 4.69) is 122 Å². The van der Waals surface area contributed by atoms with Gasteiger partial charge in [-0.15, -0.1) is 0 Å². The Bertz CT molecular complexity index is 1340. The van der Waals surface area contributed by atoms with Crippen LogP contribution in [-0.4, -0.2) is 4.57 Å². The van der Waals surface area contributed by atoms with Gasteiger partial charge in [-0.3, -0.25) is 0 Å². The molecular weight excluding hydrogens is 484 g/mol. The van der Waals surface area contributed by atoms with Crippen molar-refractivity contribution in [2.24, 2.45) is 5.92 Å². The average molecular weight is 534 g/mol. The molecule has 4 aromatic rings. The molecular formula is C38H49N2+. The van der Waals surface area contributed by atoms with Crippen molar-refractivity contribution in [3.8, 4) is 28.2 Å². The third-order valence-electron chi connectivity index (χ3n) is 8.77. The Hall–Kier alpha value is -3.13. The fourth-order valence-electron chi connectivity index (χ4n) is 6.98. The van der Waals surface area contributed by atoms with Gasteiger partial charge in [-0.2, -0.15) is 4.57 Å². The van der Waals surface area contributed by atoms with Crippen LogP contribution in [0.3, 0.4) is 0 Å². The smallest absolute Gasteiger partial charge is 0.229 e. The molecule has 0 atom stereocenters. The Morgan fingerprint density at radius 3 is 2.00 bits per heavy atom. The zero-order chi connectivity index (χ0) is 27.9. The molecule has 0 N–H and O–H groups in total. The van der Waals surface area contributed by atoms with Crippen LogP contribution in [0, 0.1) is 5.92 Å². The number of benzene rings is 3. The van der Waals surface area contributed by atoms with Crippen molar-refractivity contribution in [1.29, 1.82) is 0 Å². The minimum Gasteiger partial charge on any atom is -0.229 e. The normalized spacial score (nSPS) is 14.3. The zero-order valence-corrected chi connectivity index (χ0v) is 25.3. The molecule has 2 nitrogen and oxygen atoms in total. The first-order valence-corrected chi connectivity index (χ1v) is 16.0. The van der Waals surface area contributed by atoms with E-state index in [1.807, 2.05) is 0 Å². The highest BCUT2D eigenvalue weighted by atomic mass is 15.2. The molecule has 210 valence electrons. The lowest BCUT2D eigenvalue weighted by Crippen LogP contribution is -2.37. The molecule has 40 heavy (non-hydrogen) atoms. The number of hydrogen-bond donors (Lipinski definition) is 0. The minimum absolute atomic E-state index is 0.556. The number of hydrogen-bond acceptors (Lipinski definition) is 0. The second-order valence-corrected chi connectivity index (χ2v) is 12.4. The second-order valence-electron chi connectivity index (χ2n) is 12.4. The van der Waals surface area contributed by atoms with E-state index in [0.29, 0.717) is 17.8 Å². The zero-order valence-electron chi connectivity index (χ0n) is 25.3. The highest BCUT2D eigenvalue weighted by Gasteiger charge is 2.31. The molecule has 0 aliphatic heterocycles.